The quantitative estimate of drug-likeness (QED) is 0.369. The highest BCUT2D eigenvalue weighted by atomic mass is 79.9. The Labute approximate surface area is 107 Å². The number of carbonyl (C=O) groups is 1. The van der Waals surface area contributed by atoms with Gasteiger partial charge in [0.05, 0.1) is 10.3 Å². The summed E-state index contributed by atoms with van der Waals surface area (Å²) in [7, 11) is 0. The summed E-state index contributed by atoms with van der Waals surface area (Å²) < 4.78 is 39.7. The Morgan fingerprint density at radius 3 is 2.50 bits per heavy atom. The molecule has 0 spiro atoms. The van der Waals surface area contributed by atoms with E-state index in [1.807, 2.05) is 0 Å². The lowest BCUT2D eigenvalue weighted by molar-refractivity contribution is -0.388. The minimum absolute atomic E-state index is 0.247. The van der Waals surface area contributed by atoms with E-state index in [-0.39, 0.29) is 5.33 Å². The van der Waals surface area contributed by atoms with Crippen molar-refractivity contribution < 1.29 is 27.6 Å². The highest BCUT2D eigenvalue weighted by Gasteiger charge is 2.36. The molecule has 9 heteroatoms. The maximum absolute atomic E-state index is 12.1. The summed E-state index contributed by atoms with van der Waals surface area (Å²) in [6.07, 6.45) is -5.07. The average Bonchev–Trinajstić information content (AvgIpc) is 2.25. The zero-order valence-electron chi connectivity index (χ0n) is 8.53. The first-order valence-corrected chi connectivity index (χ1v) is 5.50. The fourth-order valence-corrected chi connectivity index (χ4v) is 1.52. The number of nitrogens with zero attached hydrogens (tertiary/aromatic N) is 1. The van der Waals surface area contributed by atoms with E-state index in [0.29, 0.717) is 0 Å². The van der Waals surface area contributed by atoms with Gasteiger partial charge in [0.2, 0.25) is 5.75 Å². The van der Waals surface area contributed by atoms with Gasteiger partial charge in [-0.15, -0.1) is 13.2 Å². The molecule has 98 valence electrons. The van der Waals surface area contributed by atoms with Crippen LogP contribution in [0.2, 0.25) is 0 Å². The first-order valence-electron chi connectivity index (χ1n) is 4.38. The van der Waals surface area contributed by atoms with E-state index >= 15 is 0 Å². The molecule has 0 radical (unpaired) electrons. The molecule has 0 amide bonds. The van der Waals surface area contributed by atoms with Gasteiger partial charge in [0.15, 0.2) is 5.78 Å². The van der Waals surface area contributed by atoms with Crippen molar-refractivity contribution in [3.63, 3.8) is 0 Å². The first-order chi connectivity index (χ1) is 8.26. The van der Waals surface area contributed by atoms with Crippen LogP contribution >= 0.6 is 15.9 Å². The number of benzene rings is 1. The number of carbonyl (C=O) groups excluding carboxylic acids is 1. The summed E-state index contributed by atoms with van der Waals surface area (Å²) in [6.45, 7) is 0. The van der Waals surface area contributed by atoms with Crippen molar-refractivity contribution >= 4 is 27.4 Å². The van der Waals surface area contributed by atoms with E-state index in [1.165, 1.54) is 0 Å². The van der Waals surface area contributed by atoms with E-state index in [2.05, 4.69) is 20.7 Å². The molecule has 0 heterocycles. The summed E-state index contributed by atoms with van der Waals surface area (Å²) in [4.78, 5) is 21.0. The minimum Gasteiger partial charge on any atom is -0.398 e. The molecule has 0 fully saturated rings. The van der Waals surface area contributed by atoms with Crippen LogP contribution in [0.15, 0.2) is 18.2 Å². The minimum atomic E-state index is -5.07. The van der Waals surface area contributed by atoms with Gasteiger partial charge in [-0.25, -0.2) is 0 Å². The number of para-hydroxylation sites is 1. The molecule has 0 aromatic heterocycles. The van der Waals surface area contributed by atoms with Crippen molar-refractivity contribution in [2.24, 2.45) is 0 Å². The molecule has 5 nitrogen and oxygen atoms in total. The maximum Gasteiger partial charge on any atom is 0.573 e. The lowest BCUT2D eigenvalue weighted by atomic mass is 10.1. The van der Waals surface area contributed by atoms with Crippen LogP contribution in [-0.2, 0) is 0 Å². The van der Waals surface area contributed by atoms with Gasteiger partial charge in [-0.05, 0) is 12.1 Å². The SMILES string of the molecule is O=C(CBr)c1cccc(OC(F)(F)F)c1[N+](=O)[O-]. The Hall–Kier alpha value is -1.64. The van der Waals surface area contributed by atoms with E-state index in [4.69, 9.17) is 0 Å². The predicted octanol–water partition coefficient (Wildman–Crippen LogP) is 3.07. The number of nitro benzene ring substituents is 1. The van der Waals surface area contributed by atoms with Gasteiger partial charge in [-0.2, -0.15) is 0 Å². The van der Waals surface area contributed by atoms with Gasteiger partial charge in [0.25, 0.3) is 0 Å². The molecule has 0 unspecified atom stereocenters. The van der Waals surface area contributed by atoms with E-state index in [0.717, 1.165) is 18.2 Å². The van der Waals surface area contributed by atoms with Crippen LogP contribution in [0.4, 0.5) is 18.9 Å². The van der Waals surface area contributed by atoms with Gasteiger partial charge < -0.3 is 4.74 Å². The Morgan fingerprint density at radius 2 is 2.06 bits per heavy atom. The Bertz CT molecular complexity index is 489. The normalized spacial score (nSPS) is 11.1. The number of alkyl halides is 4. The topological polar surface area (TPSA) is 69.4 Å². The summed E-state index contributed by atoms with van der Waals surface area (Å²) >= 11 is 2.79. The van der Waals surface area contributed by atoms with Gasteiger partial charge in [0.1, 0.15) is 5.56 Å². The van der Waals surface area contributed by atoms with Crippen molar-refractivity contribution in [3.05, 3.63) is 33.9 Å². The number of ketones is 1. The standard InChI is InChI=1S/C9H5BrF3NO4/c10-4-6(15)5-2-1-3-7(8(5)14(16)17)18-9(11,12)13/h1-3H,4H2. The number of ether oxygens (including phenoxy) is 1. The molecule has 0 bridgehead atoms. The van der Waals surface area contributed by atoms with Gasteiger partial charge in [-0.1, -0.05) is 22.0 Å². The molecule has 0 saturated heterocycles. The number of hydrogen-bond acceptors (Lipinski definition) is 4. The fraction of sp³-hybridized carbons (Fsp3) is 0.222. The second kappa shape index (κ2) is 5.34. The first kappa shape index (κ1) is 14.4. The number of nitro groups is 1. The maximum atomic E-state index is 12.1. The Morgan fingerprint density at radius 1 is 1.44 bits per heavy atom. The molecular formula is C9H5BrF3NO4. The molecule has 0 aliphatic heterocycles. The molecular weight excluding hydrogens is 323 g/mol. The number of halogens is 4. The van der Waals surface area contributed by atoms with Crippen LogP contribution in [-0.4, -0.2) is 22.4 Å². The zero-order chi connectivity index (χ0) is 13.9. The average molecular weight is 328 g/mol. The molecule has 0 aliphatic rings. The second-order valence-corrected chi connectivity index (χ2v) is 3.57. The third-order valence-electron chi connectivity index (χ3n) is 1.83. The van der Waals surface area contributed by atoms with Crippen molar-refractivity contribution in [2.75, 3.05) is 5.33 Å². The van der Waals surface area contributed by atoms with Gasteiger partial charge >= 0.3 is 12.0 Å². The monoisotopic (exact) mass is 327 g/mol. The molecule has 1 rings (SSSR count). The Kier molecular flexibility index (Phi) is 4.28. The third kappa shape index (κ3) is 3.42. The lowest BCUT2D eigenvalue weighted by Crippen LogP contribution is -2.18. The summed E-state index contributed by atoms with van der Waals surface area (Å²) in [6, 6.07) is 2.91. The fourth-order valence-electron chi connectivity index (χ4n) is 1.21. The van der Waals surface area contributed by atoms with Crippen LogP contribution in [0, 0.1) is 10.1 Å². The highest BCUT2D eigenvalue weighted by molar-refractivity contribution is 9.09. The number of Topliss-reactive ketones (excluding diaryl/α,β-unsaturated/α-hetero) is 1. The molecule has 0 N–H and O–H groups in total. The molecule has 18 heavy (non-hydrogen) atoms. The predicted molar refractivity (Wildman–Crippen MR) is 57.9 cm³/mol. The Balaban J connectivity index is 3.35. The molecule has 0 atom stereocenters. The number of hydrogen-bond donors (Lipinski definition) is 0. The smallest absolute Gasteiger partial charge is 0.398 e. The number of rotatable bonds is 4. The van der Waals surface area contributed by atoms with Crippen LogP contribution in [0.25, 0.3) is 0 Å². The van der Waals surface area contributed by atoms with Crippen molar-refractivity contribution in [1.29, 1.82) is 0 Å². The largest absolute Gasteiger partial charge is 0.573 e. The molecule has 0 aliphatic carbocycles. The van der Waals surface area contributed by atoms with E-state index < -0.39 is 34.1 Å². The molecule has 1 aromatic rings. The van der Waals surface area contributed by atoms with Gasteiger partial charge in [-0.3, -0.25) is 14.9 Å². The van der Waals surface area contributed by atoms with Crippen molar-refractivity contribution in [2.45, 2.75) is 6.36 Å². The van der Waals surface area contributed by atoms with Crippen LogP contribution in [0.3, 0.4) is 0 Å². The van der Waals surface area contributed by atoms with E-state index in [1.54, 1.807) is 0 Å². The van der Waals surface area contributed by atoms with Gasteiger partial charge in [0, 0.05) is 0 Å². The highest BCUT2D eigenvalue weighted by Crippen LogP contribution is 2.35. The molecule has 1 aromatic carbocycles. The van der Waals surface area contributed by atoms with Crippen molar-refractivity contribution in [3.8, 4) is 5.75 Å². The second-order valence-electron chi connectivity index (χ2n) is 3.01. The van der Waals surface area contributed by atoms with E-state index in [9.17, 15) is 28.1 Å². The van der Waals surface area contributed by atoms with Crippen LogP contribution in [0.5, 0.6) is 5.75 Å². The summed E-state index contributed by atoms with van der Waals surface area (Å²) in [5.41, 5.74) is -1.45. The summed E-state index contributed by atoms with van der Waals surface area (Å²) in [5.74, 6) is -1.73. The summed E-state index contributed by atoms with van der Waals surface area (Å²) in [5, 5.41) is 10.5. The zero-order valence-corrected chi connectivity index (χ0v) is 10.1. The van der Waals surface area contributed by atoms with Crippen molar-refractivity contribution in [1.82, 2.24) is 0 Å². The third-order valence-corrected chi connectivity index (χ3v) is 2.34. The molecule has 0 saturated carbocycles. The lowest BCUT2D eigenvalue weighted by Gasteiger charge is -2.10. The van der Waals surface area contributed by atoms with Crippen LogP contribution in [0.1, 0.15) is 10.4 Å². The van der Waals surface area contributed by atoms with Crippen LogP contribution < -0.4 is 4.74 Å².